The molecule has 0 radical (unpaired) electrons. The molecule has 0 fully saturated rings. The van der Waals surface area contributed by atoms with Crippen LogP contribution in [-0.2, 0) is 6.54 Å². The lowest BCUT2D eigenvalue weighted by atomic mass is 10.1. The predicted octanol–water partition coefficient (Wildman–Crippen LogP) is 4.11. The summed E-state index contributed by atoms with van der Waals surface area (Å²) in [5, 5.41) is 18.8. The fourth-order valence-electron chi connectivity index (χ4n) is 3.87. The number of fused-ring (bicyclic) bond motifs is 2. The van der Waals surface area contributed by atoms with Crippen molar-refractivity contribution in [2.45, 2.75) is 6.54 Å². The molecule has 0 bridgehead atoms. The number of amides is 1. The molecule has 0 aliphatic heterocycles. The molecule has 4 heterocycles. The number of para-hydroxylation sites is 1. The van der Waals surface area contributed by atoms with Crippen LogP contribution in [0.1, 0.15) is 15.9 Å². The van der Waals surface area contributed by atoms with Gasteiger partial charge < -0.3 is 0 Å². The summed E-state index contributed by atoms with van der Waals surface area (Å²) in [5.41, 5.74) is 4.99. The lowest BCUT2D eigenvalue weighted by Gasteiger charge is -2.08. The van der Waals surface area contributed by atoms with Crippen molar-refractivity contribution in [3.8, 4) is 11.3 Å². The fourth-order valence-corrected chi connectivity index (χ4v) is 4.14. The van der Waals surface area contributed by atoms with Gasteiger partial charge in [-0.25, -0.2) is 14.6 Å². The number of carbonyl (C=O) groups is 1. The largest absolute Gasteiger partial charge is 0.289 e. The van der Waals surface area contributed by atoms with Crippen molar-refractivity contribution in [1.82, 2.24) is 40.1 Å². The fraction of sp³-hybridized carbons (Fsp3) is 0.0417. The number of anilines is 1. The van der Waals surface area contributed by atoms with E-state index < -0.39 is 5.91 Å². The minimum Gasteiger partial charge on any atom is -0.289 e. The molecule has 2 aromatic carbocycles. The number of halogens is 1. The van der Waals surface area contributed by atoms with Gasteiger partial charge >= 0.3 is 0 Å². The molecule has 1 amide bonds. The van der Waals surface area contributed by atoms with Gasteiger partial charge in [0, 0.05) is 17.1 Å². The second-order valence-electron chi connectivity index (χ2n) is 7.75. The first-order chi connectivity index (χ1) is 17.2. The summed E-state index contributed by atoms with van der Waals surface area (Å²) in [5.74, 6) is -0.236. The van der Waals surface area contributed by atoms with Crippen LogP contribution in [0.25, 0.3) is 33.3 Å². The molecule has 0 spiro atoms. The van der Waals surface area contributed by atoms with Gasteiger partial charge in [-0.05, 0) is 35.9 Å². The van der Waals surface area contributed by atoms with Crippen LogP contribution in [0.15, 0.2) is 73.2 Å². The maximum Gasteiger partial charge on any atom is 0.259 e. The molecular formula is C24H16ClN9O. The zero-order chi connectivity index (χ0) is 23.8. The molecule has 0 aliphatic carbocycles. The molecule has 0 atom stereocenters. The van der Waals surface area contributed by atoms with E-state index in [-0.39, 0.29) is 11.0 Å². The first-order valence-corrected chi connectivity index (χ1v) is 11.0. The van der Waals surface area contributed by atoms with Crippen LogP contribution in [0, 0.1) is 0 Å². The molecule has 6 rings (SSSR count). The smallest absolute Gasteiger partial charge is 0.259 e. The predicted molar refractivity (Wildman–Crippen MR) is 131 cm³/mol. The van der Waals surface area contributed by atoms with Crippen molar-refractivity contribution in [2.24, 2.45) is 0 Å². The van der Waals surface area contributed by atoms with Gasteiger partial charge in [-0.1, -0.05) is 47.1 Å². The number of carbonyl (C=O) groups excluding carboxylic acids is 1. The zero-order valence-electron chi connectivity index (χ0n) is 18.1. The Bertz CT molecular complexity index is 1690. The summed E-state index contributed by atoms with van der Waals surface area (Å²) in [6, 6.07) is 18.8. The van der Waals surface area contributed by atoms with Gasteiger partial charge in [0.15, 0.2) is 5.65 Å². The molecule has 0 aliphatic rings. The highest BCUT2D eigenvalue weighted by atomic mass is 35.5. The minimum absolute atomic E-state index is 0.171. The summed E-state index contributed by atoms with van der Waals surface area (Å²) >= 11 is 6.43. The van der Waals surface area contributed by atoms with Gasteiger partial charge in [0.05, 0.1) is 28.3 Å². The van der Waals surface area contributed by atoms with Crippen LogP contribution in [-0.4, -0.2) is 46.1 Å². The summed E-state index contributed by atoms with van der Waals surface area (Å²) in [7, 11) is 0. The van der Waals surface area contributed by atoms with E-state index in [0.29, 0.717) is 29.0 Å². The quantitative estimate of drug-likeness (QED) is 0.379. The minimum atomic E-state index is -0.407. The standard InChI is InChI=1S/C24H16ClN9O/c25-18-11-15(6-7-17(18)23(35)30-24-27-13-28-32-24)19-8-9-20-22(29-19)34(33-31-20)12-16-4-1-3-14-5-2-10-26-21(14)16/h1-11,13H,12H2,(H2,27,28,30,32,35). The van der Waals surface area contributed by atoms with Crippen molar-refractivity contribution in [2.75, 3.05) is 5.32 Å². The Kier molecular flexibility index (Phi) is 5.12. The van der Waals surface area contributed by atoms with Gasteiger partial charge in [-0.15, -0.1) is 10.2 Å². The summed E-state index contributed by atoms with van der Waals surface area (Å²) in [6.45, 7) is 0.475. The zero-order valence-corrected chi connectivity index (χ0v) is 18.8. The Morgan fingerprint density at radius 1 is 1.06 bits per heavy atom. The van der Waals surface area contributed by atoms with Crippen LogP contribution in [0.2, 0.25) is 5.02 Å². The molecule has 6 aromatic rings. The average Bonchev–Trinajstić information content (AvgIpc) is 3.54. The number of pyridine rings is 2. The second kappa shape index (κ2) is 8.58. The summed E-state index contributed by atoms with van der Waals surface area (Å²) < 4.78 is 1.75. The lowest BCUT2D eigenvalue weighted by Crippen LogP contribution is -2.13. The van der Waals surface area contributed by atoms with E-state index in [1.54, 1.807) is 29.1 Å². The Balaban J connectivity index is 1.32. The lowest BCUT2D eigenvalue weighted by molar-refractivity contribution is 0.102. The van der Waals surface area contributed by atoms with Crippen molar-refractivity contribution < 1.29 is 4.79 Å². The molecule has 10 nitrogen and oxygen atoms in total. The van der Waals surface area contributed by atoms with Gasteiger partial charge in [-0.3, -0.25) is 20.2 Å². The van der Waals surface area contributed by atoms with Crippen LogP contribution in [0.4, 0.5) is 5.95 Å². The number of hydrogen-bond donors (Lipinski definition) is 2. The Morgan fingerprint density at radius 3 is 2.83 bits per heavy atom. The van der Waals surface area contributed by atoms with E-state index in [0.717, 1.165) is 22.0 Å². The summed E-state index contributed by atoms with van der Waals surface area (Å²) in [4.78, 5) is 25.7. The molecule has 0 unspecified atom stereocenters. The Morgan fingerprint density at radius 2 is 1.97 bits per heavy atom. The van der Waals surface area contributed by atoms with Crippen LogP contribution in [0.3, 0.4) is 0 Å². The first kappa shape index (κ1) is 20.9. The first-order valence-electron chi connectivity index (χ1n) is 10.7. The van der Waals surface area contributed by atoms with Crippen molar-refractivity contribution >= 4 is 45.5 Å². The van der Waals surface area contributed by atoms with Gasteiger partial charge in [0.1, 0.15) is 11.8 Å². The normalized spacial score (nSPS) is 11.2. The number of hydrogen-bond acceptors (Lipinski definition) is 7. The van der Waals surface area contributed by atoms with Crippen LogP contribution >= 0.6 is 11.6 Å². The Hall–Kier alpha value is -4.70. The highest BCUT2D eigenvalue weighted by Crippen LogP contribution is 2.27. The van der Waals surface area contributed by atoms with Crippen molar-refractivity contribution in [3.63, 3.8) is 0 Å². The average molecular weight is 482 g/mol. The third-order valence-corrected chi connectivity index (χ3v) is 5.86. The van der Waals surface area contributed by atoms with E-state index in [1.807, 2.05) is 42.5 Å². The maximum absolute atomic E-state index is 12.5. The highest BCUT2D eigenvalue weighted by molar-refractivity contribution is 6.34. The highest BCUT2D eigenvalue weighted by Gasteiger charge is 2.15. The molecule has 0 saturated carbocycles. The molecule has 35 heavy (non-hydrogen) atoms. The number of H-pyrrole nitrogens is 1. The van der Waals surface area contributed by atoms with Gasteiger partial charge in [-0.2, -0.15) is 0 Å². The number of rotatable bonds is 5. The Labute approximate surface area is 203 Å². The third-order valence-electron chi connectivity index (χ3n) is 5.55. The molecule has 11 heteroatoms. The van der Waals surface area contributed by atoms with E-state index in [1.165, 1.54) is 6.33 Å². The molecule has 4 aromatic heterocycles. The van der Waals surface area contributed by atoms with Crippen molar-refractivity contribution in [3.05, 3.63) is 89.3 Å². The second-order valence-corrected chi connectivity index (χ2v) is 8.16. The molecule has 170 valence electrons. The van der Waals surface area contributed by atoms with E-state index in [2.05, 4.69) is 35.8 Å². The monoisotopic (exact) mass is 481 g/mol. The number of nitrogens with one attached hydrogen (secondary N) is 2. The number of aromatic amines is 1. The van der Waals surface area contributed by atoms with E-state index in [9.17, 15) is 4.79 Å². The van der Waals surface area contributed by atoms with E-state index >= 15 is 0 Å². The molecular weight excluding hydrogens is 466 g/mol. The number of nitrogens with zero attached hydrogens (tertiary/aromatic N) is 7. The van der Waals surface area contributed by atoms with E-state index in [4.69, 9.17) is 16.6 Å². The molecule has 2 N–H and O–H groups in total. The van der Waals surface area contributed by atoms with Crippen LogP contribution < -0.4 is 5.32 Å². The SMILES string of the molecule is O=C(Nc1nc[nH]n1)c1ccc(-c2ccc3nnn(Cc4cccc5cccnc45)c3n2)cc1Cl. The van der Waals surface area contributed by atoms with Gasteiger partial charge in [0.25, 0.3) is 5.91 Å². The van der Waals surface area contributed by atoms with Crippen molar-refractivity contribution in [1.29, 1.82) is 0 Å². The molecule has 0 saturated heterocycles. The number of benzene rings is 2. The maximum atomic E-state index is 12.5. The van der Waals surface area contributed by atoms with Crippen LogP contribution in [0.5, 0.6) is 0 Å². The third kappa shape index (κ3) is 3.96. The number of aromatic nitrogens is 8. The topological polar surface area (TPSA) is 127 Å². The summed E-state index contributed by atoms with van der Waals surface area (Å²) in [6.07, 6.45) is 3.15. The van der Waals surface area contributed by atoms with Gasteiger partial charge in [0.2, 0.25) is 5.95 Å².